The Morgan fingerprint density at radius 3 is 2.66 bits per heavy atom. The molecule has 2 heterocycles. The molecule has 3 amide bonds. The van der Waals surface area contributed by atoms with Crippen molar-refractivity contribution in [1.82, 2.24) is 10.2 Å². The molecule has 0 radical (unpaired) electrons. The van der Waals surface area contributed by atoms with Crippen LogP contribution in [0.4, 0.5) is 10.5 Å². The summed E-state index contributed by atoms with van der Waals surface area (Å²) >= 11 is 6.10. The van der Waals surface area contributed by atoms with E-state index in [1.165, 1.54) is 16.4 Å². The second-order valence-electron chi connectivity index (χ2n) is 7.30. The SMILES string of the molecule is O=C(OCC(=O)N1CCNC1=O)c1cc(S(=O)(=O)N2CCCc3ccccc32)ccc1Cl. The van der Waals surface area contributed by atoms with E-state index >= 15 is 0 Å². The lowest BCUT2D eigenvalue weighted by Gasteiger charge is -2.30. The maximum absolute atomic E-state index is 13.3. The second kappa shape index (κ2) is 8.79. The number of carbonyl (C=O) groups is 3. The number of anilines is 1. The average Bonchev–Trinajstić information content (AvgIpc) is 3.23. The summed E-state index contributed by atoms with van der Waals surface area (Å²) in [5.41, 5.74) is 1.35. The zero-order valence-corrected chi connectivity index (χ0v) is 18.5. The standard InChI is InChI=1S/C21H20ClN3O6S/c22-17-8-7-15(32(29,30)25-10-3-5-14-4-1-2-6-18(14)25)12-16(17)20(27)31-13-19(26)24-11-9-23-21(24)28/h1-2,4,6-8,12H,3,5,9-11,13H2,(H,23,28). The first-order valence-corrected chi connectivity index (χ1v) is 11.8. The maximum Gasteiger partial charge on any atom is 0.340 e. The third-order valence-electron chi connectivity index (χ3n) is 5.30. The molecule has 11 heteroatoms. The summed E-state index contributed by atoms with van der Waals surface area (Å²) < 4.78 is 33.0. The third kappa shape index (κ3) is 4.15. The fourth-order valence-corrected chi connectivity index (χ4v) is 5.45. The van der Waals surface area contributed by atoms with Gasteiger partial charge in [-0.1, -0.05) is 29.8 Å². The lowest BCUT2D eigenvalue weighted by Crippen LogP contribution is -2.37. The number of urea groups is 1. The predicted molar refractivity (Wildman–Crippen MR) is 116 cm³/mol. The van der Waals surface area contributed by atoms with Crippen molar-refractivity contribution in [3.8, 4) is 0 Å². The van der Waals surface area contributed by atoms with Gasteiger partial charge in [0.05, 0.1) is 21.2 Å². The molecule has 2 aliphatic heterocycles. The molecular weight excluding hydrogens is 458 g/mol. The number of esters is 1. The second-order valence-corrected chi connectivity index (χ2v) is 9.57. The number of imide groups is 1. The quantitative estimate of drug-likeness (QED) is 0.660. The van der Waals surface area contributed by atoms with Crippen molar-refractivity contribution in [2.45, 2.75) is 17.7 Å². The molecule has 2 aromatic rings. The normalized spacial score (nSPS) is 15.8. The van der Waals surface area contributed by atoms with Gasteiger partial charge in [0.2, 0.25) is 0 Å². The Bertz CT molecular complexity index is 1200. The molecular formula is C21H20ClN3O6S. The summed E-state index contributed by atoms with van der Waals surface area (Å²) in [5.74, 6) is -1.64. The van der Waals surface area contributed by atoms with Crippen LogP contribution in [0, 0.1) is 0 Å². The first kappa shape index (κ1) is 22.1. The van der Waals surface area contributed by atoms with E-state index in [-0.39, 0.29) is 22.0 Å². The van der Waals surface area contributed by atoms with Crippen LogP contribution < -0.4 is 9.62 Å². The van der Waals surface area contributed by atoms with E-state index in [0.29, 0.717) is 25.2 Å². The number of hydrogen-bond donors (Lipinski definition) is 1. The van der Waals surface area contributed by atoms with Crippen molar-refractivity contribution in [3.63, 3.8) is 0 Å². The molecule has 4 rings (SSSR count). The van der Waals surface area contributed by atoms with Crippen LogP contribution in [0.1, 0.15) is 22.3 Å². The van der Waals surface area contributed by atoms with Gasteiger partial charge in [-0.2, -0.15) is 0 Å². The van der Waals surface area contributed by atoms with Crippen molar-refractivity contribution in [1.29, 1.82) is 0 Å². The van der Waals surface area contributed by atoms with E-state index in [1.807, 2.05) is 12.1 Å². The predicted octanol–water partition coefficient (Wildman–Crippen LogP) is 2.19. The minimum atomic E-state index is -3.96. The number of rotatable bonds is 5. The van der Waals surface area contributed by atoms with Gasteiger partial charge in [-0.25, -0.2) is 18.0 Å². The molecule has 168 valence electrons. The summed E-state index contributed by atoms with van der Waals surface area (Å²) in [6.07, 6.45) is 1.45. The summed E-state index contributed by atoms with van der Waals surface area (Å²) in [6, 6.07) is 10.5. The van der Waals surface area contributed by atoms with Crippen LogP contribution in [0.2, 0.25) is 5.02 Å². The van der Waals surface area contributed by atoms with Crippen LogP contribution in [-0.4, -0.2) is 57.5 Å². The minimum Gasteiger partial charge on any atom is -0.452 e. The molecule has 0 aliphatic carbocycles. The van der Waals surface area contributed by atoms with E-state index < -0.39 is 34.5 Å². The minimum absolute atomic E-state index is 0.0145. The Balaban J connectivity index is 1.55. The number of nitrogens with zero attached hydrogens (tertiary/aromatic N) is 2. The maximum atomic E-state index is 13.3. The molecule has 0 unspecified atom stereocenters. The summed E-state index contributed by atoms with van der Waals surface area (Å²) in [4.78, 5) is 37.0. The number of hydrogen-bond acceptors (Lipinski definition) is 6. The highest BCUT2D eigenvalue weighted by Crippen LogP contribution is 2.33. The number of para-hydroxylation sites is 1. The Morgan fingerprint density at radius 2 is 1.91 bits per heavy atom. The van der Waals surface area contributed by atoms with Gasteiger partial charge in [0.15, 0.2) is 6.61 Å². The van der Waals surface area contributed by atoms with Crippen molar-refractivity contribution >= 4 is 45.2 Å². The summed E-state index contributed by atoms with van der Waals surface area (Å²) in [5, 5.41) is 2.46. The highest BCUT2D eigenvalue weighted by molar-refractivity contribution is 7.92. The number of fused-ring (bicyclic) bond motifs is 1. The molecule has 0 bridgehead atoms. The van der Waals surface area contributed by atoms with E-state index in [4.69, 9.17) is 16.3 Å². The smallest absolute Gasteiger partial charge is 0.340 e. The summed E-state index contributed by atoms with van der Waals surface area (Å²) in [7, 11) is -3.96. The van der Waals surface area contributed by atoms with Gasteiger partial charge in [0, 0.05) is 19.6 Å². The number of nitrogens with one attached hydrogen (secondary N) is 1. The fraction of sp³-hybridized carbons (Fsp3) is 0.286. The first-order chi connectivity index (χ1) is 15.3. The molecule has 0 saturated carbocycles. The van der Waals surface area contributed by atoms with Gasteiger partial charge in [0.25, 0.3) is 15.9 Å². The molecule has 0 atom stereocenters. The van der Waals surface area contributed by atoms with Gasteiger partial charge in [-0.3, -0.25) is 14.0 Å². The highest BCUT2D eigenvalue weighted by atomic mass is 35.5. The zero-order chi connectivity index (χ0) is 22.9. The summed E-state index contributed by atoms with van der Waals surface area (Å²) in [6.45, 7) is 0.151. The molecule has 2 aromatic carbocycles. The lowest BCUT2D eigenvalue weighted by molar-refractivity contribution is -0.130. The monoisotopic (exact) mass is 477 g/mol. The van der Waals surface area contributed by atoms with E-state index in [0.717, 1.165) is 23.0 Å². The number of halogens is 1. The van der Waals surface area contributed by atoms with Gasteiger partial charge in [-0.15, -0.1) is 0 Å². The molecule has 0 aromatic heterocycles. The number of sulfonamides is 1. The van der Waals surface area contributed by atoms with E-state index in [9.17, 15) is 22.8 Å². The Hall–Kier alpha value is -3.11. The first-order valence-electron chi connectivity index (χ1n) is 9.94. The van der Waals surface area contributed by atoms with Gasteiger partial charge in [0.1, 0.15) is 0 Å². The van der Waals surface area contributed by atoms with Crippen molar-refractivity contribution < 1.29 is 27.5 Å². The average molecular weight is 478 g/mol. The van der Waals surface area contributed by atoms with Crippen molar-refractivity contribution in [2.75, 3.05) is 30.5 Å². The molecule has 1 saturated heterocycles. The highest BCUT2D eigenvalue weighted by Gasteiger charge is 2.31. The van der Waals surface area contributed by atoms with Gasteiger partial charge >= 0.3 is 12.0 Å². The lowest BCUT2D eigenvalue weighted by atomic mass is 10.0. The van der Waals surface area contributed by atoms with Crippen LogP contribution in [0.5, 0.6) is 0 Å². The van der Waals surface area contributed by atoms with Crippen LogP contribution in [-0.2, 0) is 26.0 Å². The zero-order valence-electron chi connectivity index (χ0n) is 16.9. The Morgan fingerprint density at radius 1 is 1.12 bits per heavy atom. The number of amides is 3. The van der Waals surface area contributed by atoms with Crippen LogP contribution in [0.15, 0.2) is 47.4 Å². The van der Waals surface area contributed by atoms with Crippen LogP contribution in [0.25, 0.3) is 0 Å². The van der Waals surface area contributed by atoms with Crippen LogP contribution >= 0.6 is 11.6 Å². The Kier molecular flexibility index (Phi) is 6.07. The van der Waals surface area contributed by atoms with Gasteiger partial charge < -0.3 is 10.1 Å². The number of carbonyl (C=O) groups excluding carboxylic acids is 3. The number of ether oxygens (including phenoxy) is 1. The fourth-order valence-electron chi connectivity index (χ4n) is 3.69. The van der Waals surface area contributed by atoms with E-state index in [1.54, 1.807) is 12.1 Å². The largest absolute Gasteiger partial charge is 0.452 e. The number of aryl methyl sites for hydroxylation is 1. The van der Waals surface area contributed by atoms with Crippen molar-refractivity contribution in [3.05, 3.63) is 58.6 Å². The molecule has 32 heavy (non-hydrogen) atoms. The molecule has 1 fully saturated rings. The topological polar surface area (TPSA) is 113 Å². The van der Waals surface area contributed by atoms with Gasteiger partial charge in [-0.05, 0) is 42.7 Å². The molecule has 0 spiro atoms. The Labute approximate surface area is 189 Å². The van der Waals surface area contributed by atoms with E-state index in [2.05, 4.69) is 5.32 Å². The van der Waals surface area contributed by atoms with Crippen molar-refractivity contribution in [2.24, 2.45) is 0 Å². The third-order valence-corrected chi connectivity index (χ3v) is 7.44. The molecule has 2 aliphatic rings. The number of benzene rings is 2. The molecule has 1 N–H and O–H groups in total. The molecule has 9 nitrogen and oxygen atoms in total. The van der Waals surface area contributed by atoms with Crippen LogP contribution in [0.3, 0.4) is 0 Å².